The van der Waals surface area contributed by atoms with Crippen molar-refractivity contribution in [2.45, 2.75) is 33.7 Å². The number of rotatable bonds is 4. The molecule has 0 saturated carbocycles. The molecule has 2 heterocycles. The van der Waals surface area contributed by atoms with Crippen molar-refractivity contribution in [3.05, 3.63) is 41.6 Å². The molecule has 0 radical (unpaired) electrons. The number of carbonyl (C=O) groups is 2. The lowest BCUT2D eigenvalue weighted by molar-refractivity contribution is -0.116. The molecule has 2 aromatic rings. The molecule has 3 rings (SSSR count). The molecular formula is C18H22N4O2. The van der Waals surface area contributed by atoms with Gasteiger partial charge >= 0.3 is 0 Å². The van der Waals surface area contributed by atoms with Crippen molar-refractivity contribution in [3.63, 3.8) is 0 Å². The Morgan fingerprint density at radius 2 is 2.08 bits per heavy atom. The van der Waals surface area contributed by atoms with Gasteiger partial charge in [0.25, 0.3) is 5.91 Å². The number of nitrogens with zero attached hydrogens (tertiary/aromatic N) is 3. The van der Waals surface area contributed by atoms with Crippen LogP contribution >= 0.6 is 0 Å². The fourth-order valence-corrected chi connectivity index (χ4v) is 2.99. The first-order valence-electron chi connectivity index (χ1n) is 8.20. The van der Waals surface area contributed by atoms with E-state index in [4.69, 9.17) is 0 Å². The van der Waals surface area contributed by atoms with Crippen molar-refractivity contribution in [2.24, 2.45) is 5.92 Å². The summed E-state index contributed by atoms with van der Waals surface area (Å²) in [6.45, 7) is 7.20. The SMILES string of the molecule is CC(=O)N1CCc2cc(C(=O)Nc3ccnn3CC(C)C)ccc21. The Morgan fingerprint density at radius 1 is 1.29 bits per heavy atom. The molecule has 6 nitrogen and oxygen atoms in total. The van der Waals surface area contributed by atoms with Gasteiger partial charge in [-0.05, 0) is 36.1 Å². The van der Waals surface area contributed by atoms with Crippen LogP contribution in [-0.2, 0) is 17.8 Å². The number of anilines is 2. The predicted octanol–water partition coefficient (Wildman–Crippen LogP) is 2.70. The van der Waals surface area contributed by atoms with Gasteiger partial charge in [-0.15, -0.1) is 0 Å². The lowest BCUT2D eigenvalue weighted by Crippen LogP contribution is -2.25. The van der Waals surface area contributed by atoms with Crippen LogP contribution in [-0.4, -0.2) is 28.1 Å². The lowest BCUT2D eigenvalue weighted by Gasteiger charge is -2.15. The fraction of sp³-hybridized carbons (Fsp3) is 0.389. The molecule has 2 amide bonds. The van der Waals surface area contributed by atoms with Crippen LogP contribution in [0, 0.1) is 5.92 Å². The van der Waals surface area contributed by atoms with Gasteiger partial charge in [-0.3, -0.25) is 9.59 Å². The standard InChI is InChI=1S/C18H22N4O2/c1-12(2)11-22-17(6-8-19-22)20-18(24)15-4-5-16-14(10-15)7-9-21(16)13(3)23/h4-6,8,10,12H,7,9,11H2,1-3H3,(H,20,24). The molecule has 0 atom stereocenters. The predicted molar refractivity (Wildman–Crippen MR) is 93.2 cm³/mol. The molecule has 0 saturated heterocycles. The zero-order chi connectivity index (χ0) is 17.3. The van der Waals surface area contributed by atoms with E-state index in [0.717, 1.165) is 24.2 Å². The fourth-order valence-electron chi connectivity index (χ4n) is 2.99. The Hall–Kier alpha value is -2.63. The zero-order valence-electron chi connectivity index (χ0n) is 14.2. The van der Waals surface area contributed by atoms with Gasteiger partial charge in [0.05, 0.1) is 6.20 Å². The van der Waals surface area contributed by atoms with E-state index >= 15 is 0 Å². The van der Waals surface area contributed by atoms with Gasteiger partial charge in [-0.2, -0.15) is 5.10 Å². The first kappa shape index (κ1) is 16.2. The van der Waals surface area contributed by atoms with E-state index in [2.05, 4.69) is 24.3 Å². The zero-order valence-corrected chi connectivity index (χ0v) is 14.2. The monoisotopic (exact) mass is 326 g/mol. The molecule has 1 aromatic carbocycles. The van der Waals surface area contributed by atoms with Crippen molar-refractivity contribution in [1.82, 2.24) is 9.78 Å². The summed E-state index contributed by atoms with van der Waals surface area (Å²) in [4.78, 5) is 25.9. The van der Waals surface area contributed by atoms with Crippen LogP contribution in [0.4, 0.5) is 11.5 Å². The van der Waals surface area contributed by atoms with Crippen LogP contribution < -0.4 is 10.2 Å². The number of fused-ring (bicyclic) bond motifs is 1. The van der Waals surface area contributed by atoms with Gasteiger partial charge in [-0.25, -0.2) is 4.68 Å². The first-order chi connectivity index (χ1) is 11.5. The summed E-state index contributed by atoms with van der Waals surface area (Å²) in [6.07, 6.45) is 2.47. The van der Waals surface area contributed by atoms with Crippen LogP contribution in [0.2, 0.25) is 0 Å². The highest BCUT2D eigenvalue weighted by atomic mass is 16.2. The minimum Gasteiger partial charge on any atom is -0.312 e. The number of benzene rings is 1. The Morgan fingerprint density at radius 3 is 2.79 bits per heavy atom. The molecule has 24 heavy (non-hydrogen) atoms. The summed E-state index contributed by atoms with van der Waals surface area (Å²) >= 11 is 0. The molecule has 1 aliphatic heterocycles. The summed E-state index contributed by atoms with van der Waals surface area (Å²) < 4.78 is 1.80. The summed E-state index contributed by atoms with van der Waals surface area (Å²) in [7, 11) is 0. The van der Waals surface area contributed by atoms with Gasteiger partial charge in [0.15, 0.2) is 0 Å². The second kappa shape index (κ2) is 6.47. The molecule has 0 bridgehead atoms. The number of carbonyl (C=O) groups excluding carboxylic acids is 2. The van der Waals surface area contributed by atoms with Gasteiger partial charge in [0, 0.05) is 37.3 Å². The average Bonchev–Trinajstić information content (AvgIpc) is 3.13. The Labute approximate surface area is 141 Å². The van der Waals surface area contributed by atoms with Crippen LogP contribution in [0.15, 0.2) is 30.5 Å². The van der Waals surface area contributed by atoms with Crippen molar-refractivity contribution in [2.75, 3.05) is 16.8 Å². The third-order valence-electron chi connectivity index (χ3n) is 4.11. The maximum Gasteiger partial charge on any atom is 0.256 e. The number of hydrogen-bond acceptors (Lipinski definition) is 3. The van der Waals surface area contributed by atoms with Gasteiger partial charge in [-0.1, -0.05) is 13.8 Å². The molecule has 0 aliphatic carbocycles. The van der Waals surface area contributed by atoms with Crippen molar-refractivity contribution < 1.29 is 9.59 Å². The molecule has 0 unspecified atom stereocenters. The quantitative estimate of drug-likeness (QED) is 0.939. The third kappa shape index (κ3) is 3.18. The van der Waals surface area contributed by atoms with Gasteiger partial charge < -0.3 is 10.2 Å². The van der Waals surface area contributed by atoms with Crippen LogP contribution in [0.1, 0.15) is 36.7 Å². The Kier molecular flexibility index (Phi) is 4.38. The summed E-state index contributed by atoms with van der Waals surface area (Å²) in [5, 5.41) is 7.17. The van der Waals surface area contributed by atoms with Crippen LogP contribution in [0.5, 0.6) is 0 Å². The van der Waals surface area contributed by atoms with E-state index in [1.54, 1.807) is 34.8 Å². The molecular weight excluding hydrogens is 304 g/mol. The van der Waals surface area contributed by atoms with E-state index in [0.29, 0.717) is 23.8 Å². The van der Waals surface area contributed by atoms with Crippen molar-refractivity contribution >= 4 is 23.3 Å². The maximum atomic E-state index is 12.5. The smallest absolute Gasteiger partial charge is 0.256 e. The number of nitrogens with one attached hydrogen (secondary N) is 1. The van der Waals surface area contributed by atoms with E-state index in [9.17, 15) is 9.59 Å². The highest BCUT2D eigenvalue weighted by molar-refractivity contribution is 6.04. The normalized spacial score (nSPS) is 13.2. The third-order valence-corrected chi connectivity index (χ3v) is 4.11. The highest BCUT2D eigenvalue weighted by Crippen LogP contribution is 2.29. The second-order valence-electron chi connectivity index (χ2n) is 6.51. The largest absolute Gasteiger partial charge is 0.312 e. The van der Waals surface area contributed by atoms with Gasteiger partial charge in [0.2, 0.25) is 5.91 Å². The van der Waals surface area contributed by atoms with Crippen molar-refractivity contribution in [3.8, 4) is 0 Å². The summed E-state index contributed by atoms with van der Waals surface area (Å²) in [5.74, 6) is 1.01. The Bertz CT molecular complexity index is 779. The van der Waals surface area contributed by atoms with Gasteiger partial charge in [0.1, 0.15) is 5.82 Å². The van der Waals surface area contributed by atoms with E-state index in [1.165, 1.54) is 0 Å². The lowest BCUT2D eigenvalue weighted by atomic mass is 10.1. The van der Waals surface area contributed by atoms with Crippen LogP contribution in [0.25, 0.3) is 0 Å². The molecule has 0 fully saturated rings. The van der Waals surface area contributed by atoms with Crippen LogP contribution in [0.3, 0.4) is 0 Å². The minimum atomic E-state index is -0.162. The molecule has 1 aromatic heterocycles. The van der Waals surface area contributed by atoms with E-state index < -0.39 is 0 Å². The number of hydrogen-bond donors (Lipinski definition) is 1. The van der Waals surface area contributed by atoms with E-state index in [-0.39, 0.29) is 11.8 Å². The maximum absolute atomic E-state index is 12.5. The van der Waals surface area contributed by atoms with Crippen molar-refractivity contribution in [1.29, 1.82) is 0 Å². The molecule has 126 valence electrons. The first-order valence-corrected chi connectivity index (χ1v) is 8.20. The number of amides is 2. The van der Waals surface area contributed by atoms with E-state index in [1.807, 2.05) is 12.1 Å². The molecule has 0 spiro atoms. The molecule has 1 aliphatic rings. The minimum absolute atomic E-state index is 0.0311. The molecule has 6 heteroatoms. The summed E-state index contributed by atoms with van der Waals surface area (Å²) in [6, 6.07) is 7.28. The second-order valence-corrected chi connectivity index (χ2v) is 6.51. The molecule has 1 N–H and O–H groups in total. The topological polar surface area (TPSA) is 67.2 Å². The number of aromatic nitrogens is 2. The average molecular weight is 326 g/mol. The summed E-state index contributed by atoms with van der Waals surface area (Å²) in [5.41, 5.74) is 2.54. The highest BCUT2D eigenvalue weighted by Gasteiger charge is 2.23. The Balaban J connectivity index is 1.77.